The summed E-state index contributed by atoms with van der Waals surface area (Å²) in [4.78, 5) is 12.9. The Balaban J connectivity index is 1.87. The van der Waals surface area contributed by atoms with E-state index in [-0.39, 0.29) is 23.4 Å². The van der Waals surface area contributed by atoms with E-state index in [1.54, 1.807) is 25.1 Å². The number of nitrogens with zero attached hydrogens (tertiary/aromatic N) is 3. The van der Waals surface area contributed by atoms with E-state index in [1.165, 1.54) is 41.1 Å². The van der Waals surface area contributed by atoms with Crippen molar-refractivity contribution in [1.82, 2.24) is 14.1 Å². The highest BCUT2D eigenvalue weighted by Crippen LogP contribution is 2.26. The zero-order chi connectivity index (χ0) is 24.4. The number of anilines is 1. The van der Waals surface area contributed by atoms with Crippen molar-refractivity contribution in [3.8, 4) is 5.69 Å². The van der Waals surface area contributed by atoms with Gasteiger partial charge in [-0.2, -0.15) is 9.40 Å². The predicted octanol–water partition coefficient (Wildman–Crippen LogP) is 4.61. The molecule has 0 aliphatic rings. The second-order valence-electron chi connectivity index (χ2n) is 8.49. The lowest BCUT2D eigenvalue weighted by molar-refractivity contribution is -0.116. The number of aromatic nitrogens is 2. The molecule has 1 N–H and O–H groups in total. The fraction of sp³-hybridized carbons (Fsp3) is 0.304. The van der Waals surface area contributed by atoms with Crippen LogP contribution in [0.4, 0.5) is 10.2 Å². The van der Waals surface area contributed by atoms with Gasteiger partial charge in [0.25, 0.3) is 0 Å². The Morgan fingerprint density at radius 2 is 1.73 bits per heavy atom. The largest absolute Gasteiger partial charge is 0.309 e. The zero-order valence-electron chi connectivity index (χ0n) is 18.8. The number of nitrogens with one attached hydrogen (secondary N) is 1. The first-order valence-electron chi connectivity index (χ1n) is 10.3. The molecule has 1 aromatic heterocycles. The molecule has 7 nitrogen and oxygen atoms in total. The van der Waals surface area contributed by atoms with Gasteiger partial charge in [-0.05, 0) is 48.5 Å². The van der Waals surface area contributed by atoms with E-state index in [1.807, 2.05) is 20.8 Å². The number of amides is 1. The highest BCUT2D eigenvalue weighted by atomic mass is 35.5. The average Bonchev–Trinajstić information content (AvgIpc) is 3.17. The van der Waals surface area contributed by atoms with Crippen molar-refractivity contribution in [2.45, 2.75) is 38.0 Å². The molecule has 0 radical (unpaired) electrons. The van der Waals surface area contributed by atoms with Crippen LogP contribution in [0.1, 0.15) is 33.4 Å². The number of carbonyl (C=O) groups is 1. The predicted molar refractivity (Wildman–Crippen MR) is 127 cm³/mol. The molecule has 3 aromatic rings. The topological polar surface area (TPSA) is 84.3 Å². The van der Waals surface area contributed by atoms with Crippen LogP contribution in [0.5, 0.6) is 0 Å². The molecule has 1 heterocycles. The van der Waals surface area contributed by atoms with Crippen LogP contribution >= 0.6 is 11.6 Å². The molecule has 33 heavy (non-hydrogen) atoms. The monoisotopic (exact) mass is 492 g/mol. The van der Waals surface area contributed by atoms with Crippen LogP contribution in [0.15, 0.2) is 59.5 Å². The summed E-state index contributed by atoms with van der Waals surface area (Å²) in [5.74, 6) is -0.562. The smallest absolute Gasteiger partial charge is 0.243 e. The Kier molecular flexibility index (Phi) is 7.26. The van der Waals surface area contributed by atoms with Gasteiger partial charge in [0.1, 0.15) is 11.6 Å². The third-order valence-corrected chi connectivity index (χ3v) is 7.13. The molecule has 0 fully saturated rings. The SMILES string of the molecule is CCN(CC(=O)Nc1cc(C(C)(C)C)nn1-c1ccc(F)cc1)S(=O)(=O)c1ccc(Cl)cc1. The number of benzene rings is 2. The van der Waals surface area contributed by atoms with Crippen molar-refractivity contribution >= 4 is 33.3 Å². The van der Waals surface area contributed by atoms with Crippen molar-refractivity contribution in [2.75, 3.05) is 18.4 Å². The third kappa shape index (κ3) is 5.79. The van der Waals surface area contributed by atoms with Crippen molar-refractivity contribution in [1.29, 1.82) is 0 Å². The minimum absolute atomic E-state index is 0.0490. The van der Waals surface area contributed by atoms with Gasteiger partial charge >= 0.3 is 0 Å². The molecule has 0 atom stereocenters. The summed E-state index contributed by atoms with van der Waals surface area (Å²) in [5.41, 5.74) is 0.963. The number of hydrogen-bond acceptors (Lipinski definition) is 4. The molecule has 0 saturated carbocycles. The van der Waals surface area contributed by atoms with E-state index in [0.717, 1.165) is 4.31 Å². The minimum Gasteiger partial charge on any atom is -0.309 e. The average molecular weight is 493 g/mol. The third-order valence-electron chi connectivity index (χ3n) is 4.94. The summed E-state index contributed by atoms with van der Waals surface area (Å²) in [6.07, 6.45) is 0. The molecule has 0 unspecified atom stereocenters. The van der Waals surface area contributed by atoms with Gasteiger partial charge in [-0.25, -0.2) is 17.5 Å². The maximum absolute atomic E-state index is 13.4. The molecule has 0 aliphatic carbocycles. The van der Waals surface area contributed by atoms with Gasteiger partial charge in [-0.1, -0.05) is 39.3 Å². The Labute approximate surface area is 198 Å². The Bertz CT molecular complexity index is 1230. The van der Waals surface area contributed by atoms with E-state index >= 15 is 0 Å². The van der Waals surface area contributed by atoms with Crippen LogP contribution in [-0.2, 0) is 20.2 Å². The number of carbonyl (C=O) groups excluding carboxylic acids is 1. The number of hydrogen-bond donors (Lipinski definition) is 1. The maximum atomic E-state index is 13.4. The maximum Gasteiger partial charge on any atom is 0.243 e. The molecule has 0 aliphatic heterocycles. The highest BCUT2D eigenvalue weighted by Gasteiger charge is 2.27. The Morgan fingerprint density at radius 1 is 1.12 bits per heavy atom. The molecule has 0 saturated heterocycles. The van der Waals surface area contributed by atoms with Gasteiger partial charge in [0.15, 0.2) is 0 Å². The second-order valence-corrected chi connectivity index (χ2v) is 10.9. The summed E-state index contributed by atoms with van der Waals surface area (Å²) in [6.45, 7) is 7.30. The van der Waals surface area contributed by atoms with Crippen LogP contribution < -0.4 is 5.32 Å². The second kappa shape index (κ2) is 9.62. The minimum atomic E-state index is -3.89. The van der Waals surface area contributed by atoms with Crippen LogP contribution in [0.3, 0.4) is 0 Å². The number of halogens is 2. The van der Waals surface area contributed by atoms with Crippen molar-refractivity contribution in [3.05, 3.63) is 71.1 Å². The highest BCUT2D eigenvalue weighted by molar-refractivity contribution is 7.89. The number of likely N-dealkylation sites (N-methyl/N-ethyl adjacent to an activating group) is 1. The van der Waals surface area contributed by atoms with Gasteiger partial charge in [0.05, 0.1) is 22.8 Å². The van der Waals surface area contributed by atoms with E-state index in [9.17, 15) is 17.6 Å². The summed E-state index contributed by atoms with van der Waals surface area (Å²) in [6, 6.07) is 13.2. The van der Waals surface area contributed by atoms with Gasteiger partial charge in [-0.15, -0.1) is 0 Å². The van der Waals surface area contributed by atoms with E-state index in [0.29, 0.717) is 22.2 Å². The molecule has 3 rings (SSSR count). The fourth-order valence-corrected chi connectivity index (χ4v) is 4.61. The molecule has 0 bridgehead atoms. The van der Waals surface area contributed by atoms with E-state index < -0.39 is 21.7 Å². The van der Waals surface area contributed by atoms with Crippen molar-refractivity contribution in [3.63, 3.8) is 0 Å². The van der Waals surface area contributed by atoms with Gasteiger partial charge < -0.3 is 5.32 Å². The quantitative estimate of drug-likeness (QED) is 0.522. The summed E-state index contributed by atoms with van der Waals surface area (Å²) in [5, 5.41) is 7.74. The van der Waals surface area contributed by atoms with Crippen LogP contribution in [0.2, 0.25) is 5.02 Å². The summed E-state index contributed by atoms with van der Waals surface area (Å²) in [7, 11) is -3.89. The van der Waals surface area contributed by atoms with Gasteiger partial charge in [-0.3, -0.25) is 4.79 Å². The van der Waals surface area contributed by atoms with E-state index in [2.05, 4.69) is 10.4 Å². The number of sulfonamides is 1. The molecule has 176 valence electrons. The lowest BCUT2D eigenvalue weighted by Crippen LogP contribution is -2.38. The molecule has 1 amide bonds. The van der Waals surface area contributed by atoms with Gasteiger partial charge in [0.2, 0.25) is 15.9 Å². The summed E-state index contributed by atoms with van der Waals surface area (Å²) >= 11 is 5.86. The molecule has 10 heteroatoms. The zero-order valence-corrected chi connectivity index (χ0v) is 20.4. The van der Waals surface area contributed by atoms with Crippen LogP contribution in [0, 0.1) is 5.82 Å². The standard InChI is InChI=1S/C23H26ClFN4O3S/c1-5-28(33(31,32)19-12-6-16(24)7-13-19)15-22(30)26-21-14-20(23(2,3)4)27-29(21)18-10-8-17(25)9-11-18/h6-14H,5,15H2,1-4H3,(H,26,30). The van der Waals surface area contributed by atoms with Crippen molar-refractivity contribution in [2.24, 2.45) is 0 Å². The van der Waals surface area contributed by atoms with Crippen LogP contribution in [-0.4, -0.2) is 41.5 Å². The Hall–Kier alpha value is -2.75. The lowest BCUT2D eigenvalue weighted by Gasteiger charge is -2.20. The van der Waals surface area contributed by atoms with Gasteiger partial charge in [0, 0.05) is 23.0 Å². The molecule has 2 aromatic carbocycles. The fourth-order valence-electron chi connectivity index (χ4n) is 3.08. The Morgan fingerprint density at radius 3 is 2.27 bits per heavy atom. The lowest BCUT2D eigenvalue weighted by atomic mass is 9.92. The number of rotatable bonds is 7. The normalized spacial score (nSPS) is 12.2. The molecule has 0 spiro atoms. The summed E-state index contributed by atoms with van der Waals surface area (Å²) < 4.78 is 41.9. The molecular weight excluding hydrogens is 467 g/mol. The van der Waals surface area contributed by atoms with Crippen molar-refractivity contribution < 1.29 is 17.6 Å². The van der Waals surface area contributed by atoms with Crippen LogP contribution in [0.25, 0.3) is 5.69 Å². The first kappa shape index (κ1) is 24.9. The first-order valence-corrected chi connectivity index (χ1v) is 12.2. The first-order chi connectivity index (χ1) is 15.4. The van der Waals surface area contributed by atoms with E-state index in [4.69, 9.17) is 11.6 Å². The molecular formula is C23H26ClFN4O3S.